The van der Waals surface area contributed by atoms with Gasteiger partial charge in [-0.25, -0.2) is 0 Å². The van der Waals surface area contributed by atoms with E-state index in [9.17, 15) is 9.90 Å². The van der Waals surface area contributed by atoms with E-state index < -0.39 is 0 Å². The van der Waals surface area contributed by atoms with E-state index in [0.717, 1.165) is 31.8 Å². The van der Waals surface area contributed by atoms with Crippen LogP contribution in [0.25, 0.3) is 0 Å². The van der Waals surface area contributed by atoms with Gasteiger partial charge < -0.3 is 14.7 Å². The fraction of sp³-hybridized carbons (Fsp3) is 0.478. The predicted octanol–water partition coefficient (Wildman–Crippen LogP) is 1.24. The van der Waals surface area contributed by atoms with Crippen molar-refractivity contribution in [2.75, 3.05) is 39.8 Å². The molecule has 0 saturated carbocycles. The number of piperazine rings is 1. The SMILES string of the molecule is COc1ccc(CN2CC3(C2)CN(C(=O)c2cccnc2)C[C@H]2C[C@@H](O)CN23)cc1. The largest absolute Gasteiger partial charge is 0.497 e. The lowest BCUT2D eigenvalue weighted by atomic mass is 9.83. The van der Waals surface area contributed by atoms with Crippen molar-refractivity contribution in [1.82, 2.24) is 19.7 Å². The molecule has 0 bridgehead atoms. The average molecular weight is 409 g/mol. The highest BCUT2D eigenvalue weighted by Gasteiger charge is 2.56. The molecule has 0 radical (unpaired) electrons. The number of likely N-dealkylation sites (tertiary alicyclic amines) is 1. The van der Waals surface area contributed by atoms with Crippen LogP contribution in [0.1, 0.15) is 22.3 Å². The Labute approximate surface area is 176 Å². The van der Waals surface area contributed by atoms with Gasteiger partial charge in [0, 0.05) is 57.7 Å². The molecular formula is C23H28N4O3. The molecule has 0 aliphatic carbocycles. The quantitative estimate of drug-likeness (QED) is 0.821. The van der Waals surface area contributed by atoms with Gasteiger partial charge in [-0.15, -0.1) is 0 Å². The van der Waals surface area contributed by atoms with Crippen LogP contribution in [0, 0.1) is 0 Å². The minimum Gasteiger partial charge on any atom is -0.497 e. The van der Waals surface area contributed by atoms with Gasteiger partial charge in [0.15, 0.2) is 0 Å². The van der Waals surface area contributed by atoms with Crippen LogP contribution in [0.5, 0.6) is 5.75 Å². The molecule has 3 fully saturated rings. The maximum absolute atomic E-state index is 13.1. The second-order valence-corrected chi connectivity index (χ2v) is 8.84. The van der Waals surface area contributed by atoms with Crippen molar-refractivity contribution < 1.29 is 14.6 Å². The number of methoxy groups -OCH3 is 1. The summed E-state index contributed by atoms with van der Waals surface area (Å²) in [6.07, 6.45) is 3.75. The summed E-state index contributed by atoms with van der Waals surface area (Å²) in [7, 11) is 1.68. The van der Waals surface area contributed by atoms with Crippen LogP contribution in [0.15, 0.2) is 48.8 Å². The maximum atomic E-state index is 13.1. The van der Waals surface area contributed by atoms with Gasteiger partial charge in [0.25, 0.3) is 5.91 Å². The number of pyridine rings is 1. The molecule has 2 atom stereocenters. The van der Waals surface area contributed by atoms with Crippen LogP contribution in [-0.2, 0) is 6.54 Å². The number of aliphatic hydroxyl groups is 1. The first-order valence-corrected chi connectivity index (χ1v) is 10.6. The first-order valence-electron chi connectivity index (χ1n) is 10.6. The molecule has 1 aromatic carbocycles. The molecule has 3 aliphatic rings. The first kappa shape index (κ1) is 19.5. The fourth-order valence-electron chi connectivity index (χ4n) is 5.41. The standard InChI is InChI=1S/C23H28N4O3/c1-30-21-6-4-17(5-7-21)11-25-14-23(15-25)16-26(12-19-9-20(28)13-27(19)23)22(29)18-3-2-8-24-10-18/h2-8,10,19-20,28H,9,11-16H2,1H3/t19-,20-/m1/s1. The number of carbonyl (C=O) groups is 1. The van der Waals surface area contributed by atoms with E-state index in [1.54, 1.807) is 25.6 Å². The molecular weight excluding hydrogens is 380 g/mol. The number of aromatic nitrogens is 1. The zero-order valence-corrected chi connectivity index (χ0v) is 17.3. The molecule has 30 heavy (non-hydrogen) atoms. The Bertz CT molecular complexity index is 898. The monoisotopic (exact) mass is 408 g/mol. The fourth-order valence-corrected chi connectivity index (χ4v) is 5.41. The first-order chi connectivity index (χ1) is 14.6. The van der Waals surface area contributed by atoms with E-state index >= 15 is 0 Å². The van der Waals surface area contributed by atoms with E-state index in [1.165, 1.54) is 5.56 Å². The van der Waals surface area contributed by atoms with E-state index in [0.29, 0.717) is 25.2 Å². The van der Waals surface area contributed by atoms with Crippen LogP contribution >= 0.6 is 0 Å². The minimum atomic E-state index is -0.309. The predicted molar refractivity (Wildman–Crippen MR) is 112 cm³/mol. The molecule has 0 unspecified atom stereocenters. The summed E-state index contributed by atoms with van der Waals surface area (Å²) in [4.78, 5) is 24.1. The topological polar surface area (TPSA) is 69.1 Å². The second-order valence-electron chi connectivity index (χ2n) is 8.84. The molecule has 3 aliphatic heterocycles. The Hall–Kier alpha value is -2.48. The van der Waals surface area contributed by atoms with Gasteiger partial charge in [0.05, 0.1) is 24.3 Å². The molecule has 7 nitrogen and oxygen atoms in total. The van der Waals surface area contributed by atoms with E-state index in [4.69, 9.17) is 4.74 Å². The highest BCUT2D eigenvalue weighted by atomic mass is 16.5. The molecule has 1 aromatic heterocycles. The van der Waals surface area contributed by atoms with Crippen molar-refractivity contribution in [2.24, 2.45) is 0 Å². The van der Waals surface area contributed by atoms with Crippen molar-refractivity contribution in [1.29, 1.82) is 0 Å². The van der Waals surface area contributed by atoms with Crippen molar-refractivity contribution in [3.05, 3.63) is 59.9 Å². The zero-order chi connectivity index (χ0) is 20.7. The number of amides is 1. The lowest BCUT2D eigenvalue weighted by Gasteiger charge is -2.61. The summed E-state index contributed by atoms with van der Waals surface area (Å²) in [6.45, 7) is 4.76. The third-order valence-electron chi connectivity index (χ3n) is 6.71. The minimum absolute atomic E-state index is 0.0390. The number of rotatable bonds is 4. The number of fused-ring (bicyclic) bond motifs is 2. The van der Waals surface area contributed by atoms with Crippen molar-refractivity contribution in [3.63, 3.8) is 0 Å². The summed E-state index contributed by atoms with van der Waals surface area (Å²) >= 11 is 0. The summed E-state index contributed by atoms with van der Waals surface area (Å²) in [5, 5.41) is 10.3. The van der Waals surface area contributed by atoms with Gasteiger partial charge in [-0.3, -0.25) is 19.6 Å². The normalized spacial score (nSPS) is 25.7. The lowest BCUT2D eigenvalue weighted by molar-refractivity contribution is -0.108. The number of benzene rings is 1. The lowest BCUT2D eigenvalue weighted by Crippen LogP contribution is -2.78. The van der Waals surface area contributed by atoms with Gasteiger partial charge in [-0.2, -0.15) is 0 Å². The van der Waals surface area contributed by atoms with Crippen molar-refractivity contribution >= 4 is 5.91 Å². The number of aliphatic hydroxyl groups excluding tert-OH is 1. The molecule has 4 heterocycles. The number of β-amino-alcohol motifs (C(OH)–C–C–N with tert-alkyl or cyclic N) is 1. The van der Waals surface area contributed by atoms with Crippen molar-refractivity contribution in [3.8, 4) is 5.75 Å². The van der Waals surface area contributed by atoms with Gasteiger partial charge in [0.2, 0.25) is 0 Å². The van der Waals surface area contributed by atoms with Gasteiger partial charge >= 0.3 is 0 Å². The Kier molecular flexibility index (Phi) is 4.97. The molecule has 3 saturated heterocycles. The van der Waals surface area contributed by atoms with Crippen LogP contribution in [0.2, 0.25) is 0 Å². The Balaban J connectivity index is 1.31. The highest BCUT2D eigenvalue weighted by Crippen LogP contribution is 2.39. The average Bonchev–Trinajstić information content (AvgIpc) is 3.14. The Morgan fingerprint density at radius 2 is 2.00 bits per heavy atom. The smallest absolute Gasteiger partial charge is 0.255 e. The summed E-state index contributed by atoms with van der Waals surface area (Å²) in [5.41, 5.74) is 1.81. The van der Waals surface area contributed by atoms with Crippen LogP contribution in [0.4, 0.5) is 0 Å². The summed E-state index contributed by atoms with van der Waals surface area (Å²) in [6, 6.07) is 12.0. The second kappa shape index (κ2) is 7.65. The van der Waals surface area contributed by atoms with Crippen LogP contribution in [0.3, 0.4) is 0 Å². The van der Waals surface area contributed by atoms with Crippen LogP contribution < -0.4 is 4.74 Å². The molecule has 2 aromatic rings. The van der Waals surface area contributed by atoms with Gasteiger partial charge in [-0.1, -0.05) is 12.1 Å². The maximum Gasteiger partial charge on any atom is 0.255 e. The van der Waals surface area contributed by atoms with E-state index in [1.807, 2.05) is 23.1 Å². The zero-order valence-electron chi connectivity index (χ0n) is 17.3. The van der Waals surface area contributed by atoms with E-state index in [-0.39, 0.29) is 23.6 Å². The number of hydrogen-bond acceptors (Lipinski definition) is 6. The molecule has 158 valence electrons. The van der Waals surface area contributed by atoms with E-state index in [2.05, 4.69) is 26.9 Å². The highest BCUT2D eigenvalue weighted by molar-refractivity contribution is 5.94. The molecule has 1 N–H and O–H groups in total. The van der Waals surface area contributed by atoms with Gasteiger partial charge in [-0.05, 0) is 36.2 Å². The number of carbonyl (C=O) groups excluding carboxylic acids is 1. The molecule has 7 heteroatoms. The molecule has 5 rings (SSSR count). The van der Waals surface area contributed by atoms with Gasteiger partial charge in [0.1, 0.15) is 5.75 Å². The number of nitrogens with zero attached hydrogens (tertiary/aromatic N) is 4. The molecule has 1 amide bonds. The molecule has 1 spiro atoms. The Morgan fingerprint density at radius 3 is 2.70 bits per heavy atom. The summed E-state index contributed by atoms with van der Waals surface area (Å²) in [5.74, 6) is 0.904. The van der Waals surface area contributed by atoms with Crippen molar-refractivity contribution in [2.45, 2.75) is 30.7 Å². The number of hydrogen-bond donors (Lipinski definition) is 1. The summed E-state index contributed by atoms with van der Waals surface area (Å²) < 4.78 is 5.25. The third-order valence-corrected chi connectivity index (χ3v) is 6.71. The Morgan fingerprint density at radius 1 is 1.20 bits per heavy atom. The third kappa shape index (κ3) is 3.47. The number of ether oxygens (including phenoxy) is 1. The van der Waals surface area contributed by atoms with Crippen LogP contribution in [-0.4, -0.2) is 88.2 Å².